The number of anilines is 1. The fourth-order valence-electron chi connectivity index (χ4n) is 3.02. The van der Waals surface area contributed by atoms with E-state index in [1.807, 2.05) is 44.2 Å². The van der Waals surface area contributed by atoms with E-state index in [0.717, 1.165) is 40.9 Å². The molecule has 0 aliphatic heterocycles. The molecule has 2 aromatic rings. The number of carbonyl (C=O) groups is 1. The number of hydrogen-bond acceptors (Lipinski definition) is 5. The van der Waals surface area contributed by atoms with Crippen molar-refractivity contribution < 1.29 is 14.3 Å². The summed E-state index contributed by atoms with van der Waals surface area (Å²) in [4.78, 5) is 17.4. The van der Waals surface area contributed by atoms with Crippen LogP contribution in [0.25, 0.3) is 0 Å². The summed E-state index contributed by atoms with van der Waals surface area (Å²) >= 11 is 0. The lowest BCUT2D eigenvalue weighted by Gasteiger charge is -2.15. The van der Waals surface area contributed by atoms with E-state index in [4.69, 9.17) is 14.5 Å². The minimum absolute atomic E-state index is 0.257. The van der Waals surface area contributed by atoms with Crippen molar-refractivity contribution in [3.8, 4) is 0 Å². The Morgan fingerprint density at radius 1 is 0.933 bits per heavy atom. The average Bonchev–Trinajstić information content (AvgIpc) is 2.75. The van der Waals surface area contributed by atoms with Gasteiger partial charge in [0.05, 0.1) is 18.9 Å². The zero-order valence-electron chi connectivity index (χ0n) is 18.6. The lowest BCUT2D eigenvalue weighted by molar-refractivity contribution is -0.138. The highest BCUT2D eigenvalue weighted by molar-refractivity contribution is 6.11. The predicted octanol–water partition coefficient (Wildman–Crippen LogP) is 5.75. The number of aliphatic imine (C=N–C) groups is 1. The molecule has 30 heavy (non-hydrogen) atoms. The number of nitrogens with one attached hydrogen (secondary N) is 1. The van der Waals surface area contributed by atoms with Crippen LogP contribution in [0.5, 0.6) is 0 Å². The van der Waals surface area contributed by atoms with E-state index >= 15 is 0 Å². The molecule has 0 saturated carbocycles. The monoisotopic (exact) mass is 408 g/mol. The topological polar surface area (TPSA) is 59.9 Å². The van der Waals surface area contributed by atoms with Gasteiger partial charge in [-0.05, 0) is 56.9 Å². The van der Waals surface area contributed by atoms with Crippen LogP contribution in [0.3, 0.4) is 0 Å². The van der Waals surface area contributed by atoms with Crippen LogP contribution in [-0.2, 0) is 27.1 Å². The van der Waals surface area contributed by atoms with Crippen molar-refractivity contribution in [1.82, 2.24) is 0 Å². The molecule has 0 bridgehead atoms. The third-order valence-corrected chi connectivity index (χ3v) is 4.63. The largest absolute Gasteiger partial charge is 0.479 e. The minimum atomic E-state index is -0.476. The molecule has 0 unspecified atom stereocenters. The Bertz CT molecular complexity index is 877. The van der Waals surface area contributed by atoms with E-state index in [2.05, 4.69) is 31.3 Å². The van der Waals surface area contributed by atoms with Crippen LogP contribution >= 0.6 is 0 Å². The highest BCUT2D eigenvalue weighted by Crippen LogP contribution is 2.26. The van der Waals surface area contributed by atoms with Gasteiger partial charge < -0.3 is 14.8 Å². The van der Waals surface area contributed by atoms with Crippen molar-refractivity contribution in [3.05, 3.63) is 70.6 Å². The first-order chi connectivity index (χ1) is 14.5. The zero-order valence-corrected chi connectivity index (χ0v) is 18.6. The first-order valence-corrected chi connectivity index (χ1v) is 10.6. The molecule has 0 aliphatic rings. The Labute approximate surface area is 179 Å². The molecule has 5 nitrogen and oxygen atoms in total. The summed E-state index contributed by atoms with van der Waals surface area (Å²) in [7, 11) is 0. The third kappa shape index (κ3) is 6.21. The standard InChI is InChI=1S/C25H32N2O3/c1-6-19-11-10-12-20(7-2)23(19)26-17-22(25(28)30-9-4)24(29-8-3)27-21-15-13-18(5)14-16-21/h10-17,27H,6-9H2,1-5H3/b24-22-,26-17?. The quantitative estimate of drug-likeness (QED) is 0.235. The lowest BCUT2D eigenvalue weighted by atomic mass is 10.0. The second-order valence-electron chi connectivity index (χ2n) is 6.78. The highest BCUT2D eigenvalue weighted by atomic mass is 16.5. The summed E-state index contributed by atoms with van der Waals surface area (Å²) < 4.78 is 11.1. The maximum atomic E-state index is 12.7. The molecule has 0 saturated heterocycles. The number of para-hydroxylation sites is 1. The van der Waals surface area contributed by atoms with Gasteiger partial charge in [-0.2, -0.15) is 0 Å². The van der Waals surface area contributed by atoms with Crippen molar-refractivity contribution in [2.75, 3.05) is 18.5 Å². The van der Waals surface area contributed by atoms with Crippen LogP contribution in [-0.4, -0.2) is 25.4 Å². The predicted molar refractivity (Wildman–Crippen MR) is 123 cm³/mol. The van der Waals surface area contributed by atoms with Crippen molar-refractivity contribution in [2.45, 2.75) is 47.5 Å². The van der Waals surface area contributed by atoms with Crippen LogP contribution in [0, 0.1) is 6.92 Å². The van der Waals surface area contributed by atoms with Crippen LogP contribution in [0.15, 0.2) is 58.9 Å². The van der Waals surface area contributed by atoms with Gasteiger partial charge in [0.25, 0.3) is 0 Å². The Kier molecular flexibility index (Phi) is 9.13. The second kappa shape index (κ2) is 11.8. The molecule has 2 rings (SSSR count). The van der Waals surface area contributed by atoms with Crippen molar-refractivity contribution in [3.63, 3.8) is 0 Å². The number of esters is 1. The smallest absolute Gasteiger partial charge is 0.345 e. The molecule has 0 spiro atoms. The average molecular weight is 409 g/mol. The van der Waals surface area contributed by atoms with E-state index in [1.165, 1.54) is 0 Å². The molecule has 160 valence electrons. The van der Waals surface area contributed by atoms with E-state index in [-0.39, 0.29) is 12.2 Å². The van der Waals surface area contributed by atoms with E-state index in [9.17, 15) is 4.79 Å². The molecule has 0 fully saturated rings. The van der Waals surface area contributed by atoms with Gasteiger partial charge in [-0.3, -0.25) is 4.99 Å². The van der Waals surface area contributed by atoms with Gasteiger partial charge in [0.1, 0.15) is 5.57 Å². The van der Waals surface area contributed by atoms with Crippen LogP contribution in [0.4, 0.5) is 11.4 Å². The van der Waals surface area contributed by atoms with Gasteiger partial charge in [0.2, 0.25) is 5.88 Å². The molecule has 2 aromatic carbocycles. The van der Waals surface area contributed by atoms with Gasteiger partial charge in [-0.25, -0.2) is 4.79 Å². The van der Waals surface area contributed by atoms with Gasteiger partial charge in [0, 0.05) is 11.9 Å². The van der Waals surface area contributed by atoms with Crippen molar-refractivity contribution in [1.29, 1.82) is 0 Å². The molecular formula is C25H32N2O3. The van der Waals surface area contributed by atoms with Crippen molar-refractivity contribution in [2.24, 2.45) is 4.99 Å². The third-order valence-electron chi connectivity index (χ3n) is 4.63. The Morgan fingerprint density at radius 3 is 2.07 bits per heavy atom. The van der Waals surface area contributed by atoms with Crippen LogP contribution < -0.4 is 5.32 Å². The Hall–Kier alpha value is -3.08. The first kappa shape index (κ1) is 23.2. The van der Waals surface area contributed by atoms with Crippen LogP contribution in [0.1, 0.15) is 44.4 Å². The number of ether oxygens (including phenoxy) is 2. The van der Waals surface area contributed by atoms with E-state index < -0.39 is 5.97 Å². The van der Waals surface area contributed by atoms with Crippen molar-refractivity contribution >= 4 is 23.6 Å². The molecule has 0 aromatic heterocycles. The SMILES string of the molecule is CCOC(=O)/C(C=Nc1c(CC)cccc1CC)=C(/Nc1ccc(C)cc1)OCC. The van der Waals surface area contributed by atoms with Gasteiger partial charge in [-0.1, -0.05) is 49.7 Å². The minimum Gasteiger partial charge on any atom is -0.479 e. The molecule has 5 heteroatoms. The van der Waals surface area contributed by atoms with Gasteiger partial charge >= 0.3 is 5.97 Å². The molecule has 1 N–H and O–H groups in total. The Balaban J connectivity index is 2.53. The first-order valence-electron chi connectivity index (χ1n) is 10.6. The molecule has 0 amide bonds. The number of benzene rings is 2. The van der Waals surface area contributed by atoms with Gasteiger partial charge in [0.15, 0.2) is 0 Å². The zero-order chi connectivity index (χ0) is 21.9. The molecule has 0 aliphatic carbocycles. The summed E-state index contributed by atoms with van der Waals surface area (Å²) in [6, 6.07) is 14.0. The van der Waals surface area contributed by atoms with Crippen LogP contribution in [0.2, 0.25) is 0 Å². The van der Waals surface area contributed by atoms with E-state index in [0.29, 0.717) is 12.5 Å². The maximum Gasteiger partial charge on any atom is 0.345 e. The maximum absolute atomic E-state index is 12.7. The normalized spacial score (nSPS) is 11.9. The second-order valence-corrected chi connectivity index (χ2v) is 6.78. The lowest BCUT2D eigenvalue weighted by Crippen LogP contribution is -2.17. The number of rotatable bonds is 10. The highest BCUT2D eigenvalue weighted by Gasteiger charge is 2.18. The summed E-state index contributed by atoms with van der Waals surface area (Å²) in [6.07, 6.45) is 3.27. The number of hydrogen-bond donors (Lipinski definition) is 1. The summed E-state index contributed by atoms with van der Waals surface area (Å²) in [5, 5.41) is 3.21. The molecule has 0 heterocycles. The Morgan fingerprint density at radius 2 is 1.53 bits per heavy atom. The molecular weight excluding hydrogens is 376 g/mol. The summed E-state index contributed by atoms with van der Waals surface area (Å²) in [6.45, 7) is 10.5. The molecule has 0 atom stereocenters. The molecule has 0 radical (unpaired) electrons. The van der Waals surface area contributed by atoms with Gasteiger partial charge in [-0.15, -0.1) is 0 Å². The number of aryl methyl sites for hydroxylation is 3. The van der Waals surface area contributed by atoms with E-state index in [1.54, 1.807) is 13.1 Å². The number of nitrogens with zero attached hydrogens (tertiary/aromatic N) is 1. The summed E-state index contributed by atoms with van der Waals surface area (Å²) in [5.41, 5.74) is 5.40. The summed E-state index contributed by atoms with van der Waals surface area (Å²) in [5.74, 6) is -0.146. The number of carbonyl (C=O) groups excluding carboxylic acids is 1. The fraction of sp³-hybridized carbons (Fsp3) is 0.360. The fourth-order valence-corrected chi connectivity index (χ4v) is 3.02.